The number of piperidine rings is 1. The predicted octanol–water partition coefficient (Wildman–Crippen LogP) is 1.74. The van der Waals surface area contributed by atoms with Gasteiger partial charge in [0.15, 0.2) is 0 Å². The summed E-state index contributed by atoms with van der Waals surface area (Å²) in [6.07, 6.45) is 2.75. The van der Waals surface area contributed by atoms with E-state index in [1.807, 2.05) is 0 Å². The Balaban J connectivity index is 1.80. The molecule has 0 amide bonds. The zero-order chi connectivity index (χ0) is 13.1. The number of nitrogens with zero attached hydrogens (tertiary/aromatic N) is 3. The molecule has 0 aromatic heterocycles. The molecule has 3 nitrogen and oxygen atoms in total. The molecule has 106 valence electrons. The van der Waals surface area contributed by atoms with Gasteiger partial charge in [0, 0.05) is 44.8 Å². The average Bonchev–Trinajstić information content (AvgIpc) is 2.32. The van der Waals surface area contributed by atoms with E-state index in [1.54, 1.807) is 0 Å². The number of hydrogen-bond acceptors (Lipinski definition) is 3. The van der Waals surface area contributed by atoms with Crippen LogP contribution in [0.3, 0.4) is 0 Å². The van der Waals surface area contributed by atoms with Crippen molar-refractivity contribution in [1.82, 2.24) is 14.7 Å². The molecule has 2 saturated heterocycles. The highest BCUT2D eigenvalue weighted by Gasteiger charge is 2.30. The quantitative estimate of drug-likeness (QED) is 0.758. The third kappa shape index (κ3) is 3.69. The topological polar surface area (TPSA) is 9.72 Å². The van der Waals surface area contributed by atoms with Gasteiger partial charge in [-0.15, -0.1) is 0 Å². The highest BCUT2D eigenvalue weighted by atomic mass is 15.3. The van der Waals surface area contributed by atoms with Crippen LogP contribution in [-0.4, -0.2) is 73.1 Å². The molecule has 2 heterocycles. The Morgan fingerprint density at radius 1 is 1.06 bits per heavy atom. The molecule has 2 aliphatic heterocycles. The molecule has 0 aromatic rings. The largest absolute Gasteiger partial charge is 0.304 e. The van der Waals surface area contributed by atoms with Crippen LogP contribution < -0.4 is 0 Å². The lowest BCUT2D eigenvalue weighted by Gasteiger charge is -2.45. The van der Waals surface area contributed by atoms with E-state index < -0.39 is 0 Å². The second-order valence-corrected chi connectivity index (χ2v) is 6.76. The Kier molecular flexibility index (Phi) is 5.05. The summed E-state index contributed by atoms with van der Waals surface area (Å²) < 4.78 is 0. The van der Waals surface area contributed by atoms with Crippen molar-refractivity contribution in [2.24, 2.45) is 5.92 Å². The molecule has 0 N–H and O–H groups in total. The van der Waals surface area contributed by atoms with Crippen LogP contribution >= 0.6 is 0 Å². The van der Waals surface area contributed by atoms with Crippen LogP contribution in [0.1, 0.15) is 33.6 Å². The minimum atomic E-state index is 0.769. The third-order valence-electron chi connectivity index (χ3n) is 4.64. The zero-order valence-corrected chi connectivity index (χ0v) is 12.7. The van der Waals surface area contributed by atoms with Crippen molar-refractivity contribution in [2.45, 2.75) is 45.7 Å². The summed E-state index contributed by atoms with van der Waals surface area (Å²) in [7, 11) is 2.24. The minimum Gasteiger partial charge on any atom is -0.304 e. The number of likely N-dealkylation sites (tertiary alicyclic amines) is 1. The fraction of sp³-hybridized carbons (Fsp3) is 1.00. The smallest absolute Gasteiger partial charge is 0.0123 e. The van der Waals surface area contributed by atoms with Crippen LogP contribution in [0.15, 0.2) is 0 Å². The fourth-order valence-electron chi connectivity index (χ4n) is 3.45. The first-order chi connectivity index (χ1) is 8.56. The Hall–Kier alpha value is -0.120. The molecule has 0 spiro atoms. The molecule has 2 atom stereocenters. The summed E-state index contributed by atoms with van der Waals surface area (Å²) in [4.78, 5) is 7.88. The van der Waals surface area contributed by atoms with Crippen LogP contribution in [0.2, 0.25) is 0 Å². The van der Waals surface area contributed by atoms with E-state index in [4.69, 9.17) is 0 Å². The summed E-state index contributed by atoms with van der Waals surface area (Å²) in [6, 6.07) is 1.61. The van der Waals surface area contributed by atoms with Crippen LogP contribution in [0, 0.1) is 5.92 Å². The molecular formula is C15H31N3. The van der Waals surface area contributed by atoms with Crippen molar-refractivity contribution in [3.63, 3.8) is 0 Å². The maximum Gasteiger partial charge on any atom is 0.0123 e. The SMILES string of the molecule is CC(C)CN1CCC(N2CCN(C)CC2)C[C@H]1C. The number of rotatable bonds is 3. The lowest BCUT2D eigenvalue weighted by atomic mass is 9.95. The first-order valence-corrected chi connectivity index (χ1v) is 7.73. The molecular weight excluding hydrogens is 222 g/mol. The van der Waals surface area contributed by atoms with Crippen molar-refractivity contribution < 1.29 is 0 Å². The van der Waals surface area contributed by atoms with Crippen LogP contribution in [0.5, 0.6) is 0 Å². The average molecular weight is 253 g/mol. The van der Waals surface area contributed by atoms with E-state index in [-0.39, 0.29) is 0 Å². The van der Waals surface area contributed by atoms with E-state index in [0.29, 0.717) is 0 Å². The van der Waals surface area contributed by atoms with Crippen molar-refractivity contribution >= 4 is 0 Å². The molecule has 3 heteroatoms. The van der Waals surface area contributed by atoms with Gasteiger partial charge in [0.1, 0.15) is 0 Å². The molecule has 0 saturated carbocycles. The third-order valence-corrected chi connectivity index (χ3v) is 4.64. The molecule has 2 fully saturated rings. The molecule has 2 aliphatic rings. The van der Waals surface area contributed by atoms with E-state index in [1.165, 1.54) is 52.1 Å². The lowest BCUT2D eigenvalue weighted by molar-refractivity contribution is 0.0405. The summed E-state index contributed by atoms with van der Waals surface area (Å²) in [6.45, 7) is 14.7. The monoisotopic (exact) mass is 253 g/mol. The summed E-state index contributed by atoms with van der Waals surface area (Å²) in [5.41, 5.74) is 0. The summed E-state index contributed by atoms with van der Waals surface area (Å²) in [5.74, 6) is 0.799. The van der Waals surface area contributed by atoms with Crippen molar-refractivity contribution in [3.05, 3.63) is 0 Å². The van der Waals surface area contributed by atoms with Gasteiger partial charge in [-0.05, 0) is 39.3 Å². The van der Waals surface area contributed by atoms with Gasteiger partial charge in [-0.2, -0.15) is 0 Å². The Morgan fingerprint density at radius 3 is 2.28 bits per heavy atom. The van der Waals surface area contributed by atoms with E-state index in [2.05, 4.69) is 42.5 Å². The lowest BCUT2D eigenvalue weighted by Crippen LogP contribution is -2.54. The number of hydrogen-bond donors (Lipinski definition) is 0. The molecule has 0 bridgehead atoms. The summed E-state index contributed by atoms with van der Waals surface area (Å²) >= 11 is 0. The van der Waals surface area contributed by atoms with Crippen molar-refractivity contribution in [1.29, 1.82) is 0 Å². The molecule has 0 aliphatic carbocycles. The van der Waals surface area contributed by atoms with Gasteiger partial charge in [-0.1, -0.05) is 13.8 Å². The highest BCUT2D eigenvalue weighted by Crippen LogP contribution is 2.23. The van der Waals surface area contributed by atoms with Gasteiger partial charge in [0.2, 0.25) is 0 Å². The highest BCUT2D eigenvalue weighted by molar-refractivity contribution is 4.86. The van der Waals surface area contributed by atoms with Gasteiger partial charge in [-0.25, -0.2) is 0 Å². The second kappa shape index (κ2) is 6.36. The van der Waals surface area contributed by atoms with E-state index in [0.717, 1.165) is 18.0 Å². The molecule has 0 aromatic carbocycles. The predicted molar refractivity (Wildman–Crippen MR) is 78.0 cm³/mol. The minimum absolute atomic E-state index is 0.769. The van der Waals surface area contributed by atoms with Crippen LogP contribution in [0.4, 0.5) is 0 Å². The van der Waals surface area contributed by atoms with Gasteiger partial charge >= 0.3 is 0 Å². The molecule has 2 rings (SSSR count). The summed E-state index contributed by atoms with van der Waals surface area (Å²) in [5, 5.41) is 0. The van der Waals surface area contributed by atoms with Crippen molar-refractivity contribution in [3.8, 4) is 0 Å². The molecule has 1 unspecified atom stereocenters. The first-order valence-electron chi connectivity index (χ1n) is 7.73. The second-order valence-electron chi connectivity index (χ2n) is 6.76. The maximum absolute atomic E-state index is 2.74. The van der Waals surface area contributed by atoms with Crippen LogP contribution in [-0.2, 0) is 0 Å². The van der Waals surface area contributed by atoms with Crippen molar-refractivity contribution in [2.75, 3.05) is 46.3 Å². The van der Waals surface area contributed by atoms with Gasteiger partial charge in [0.05, 0.1) is 0 Å². The molecule has 18 heavy (non-hydrogen) atoms. The number of likely N-dealkylation sites (N-methyl/N-ethyl adjacent to an activating group) is 1. The van der Waals surface area contributed by atoms with Gasteiger partial charge < -0.3 is 9.80 Å². The normalized spacial score (nSPS) is 33.2. The first kappa shape index (κ1) is 14.3. The standard InChI is InChI=1S/C15H31N3/c1-13(2)12-18-6-5-15(11-14(18)3)17-9-7-16(4)8-10-17/h13-15H,5-12H2,1-4H3/t14-,15?/m1/s1. The van der Waals surface area contributed by atoms with E-state index >= 15 is 0 Å². The Labute approximate surface area is 113 Å². The number of piperazine rings is 1. The van der Waals surface area contributed by atoms with Gasteiger partial charge in [0.25, 0.3) is 0 Å². The molecule has 0 radical (unpaired) electrons. The fourth-order valence-corrected chi connectivity index (χ4v) is 3.45. The van der Waals surface area contributed by atoms with Gasteiger partial charge in [-0.3, -0.25) is 4.90 Å². The zero-order valence-electron chi connectivity index (χ0n) is 12.7. The Morgan fingerprint density at radius 2 is 1.72 bits per heavy atom. The van der Waals surface area contributed by atoms with E-state index in [9.17, 15) is 0 Å². The maximum atomic E-state index is 2.74. The Bertz CT molecular complexity index is 246. The van der Waals surface area contributed by atoms with Crippen LogP contribution in [0.25, 0.3) is 0 Å².